The second-order valence-corrected chi connectivity index (χ2v) is 8.19. The van der Waals surface area contributed by atoms with E-state index in [1.807, 2.05) is 0 Å². The third kappa shape index (κ3) is 5.45. The molecule has 182 valence electrons. The minimum Gasteiger partial charge on any atom is -0.508 e. The van der Waals surface area contributed by atoms with Crippen molar-refractivity contribution in [3.63, 3.8) is 0 Å². The molecule has 1 aliphatic rings. The molecule has 0 radical (unpaired) electrons. The molecule has 11 heteroatoms. The summed E-state index contributed by atoms with van der Waals surface area (Å²) in [7, 11) is 0. The number of aliphatic hydroxyl groups is 1. The van der Waals surface area contributed by atoms with E-state index in [0.717, 1.165) is 0 Å². The predicted molar refractivity (Wildman–Crippen MR) is 122 cm³/mol. The van der Waals surface area contributed by atoms with Crippen molar-refractivity contribution in [1.29, 1.82) is 0 Å². The van der Waals surface area contributed by atoms with Crippen LogP contribution in [0.5, 0.6) is 11.5 Å². The van der Waals surface area contributed by atoms with Crippen LogP contribution >= 0.6 is 0 Å². The molecule has 2 aromatic rings. The van der Waals surface area contributed by atoms with Gasteiger partial charge in [0, 0.05) is 12.0 Å². The zero-order valence-corrected chi connectivity index (χ0v) is 18.3. The Morgan fingerprint density at radius 2 is 1.65 bits per heavy atom. The molecule has 1 aliphatic heterocycles. The summed E-state index contributed by atoms with van der Waals surface area (Å²) in [6.45, 7) is 0.220. The highest BCUT2D eigenvalue weighted by atomic mass is 16.4. The van der Waals surface area contributed by atoms with Gasteiger partial charge in [-0.05, 0) is 60.3 Å². The van der Waals surface area contributed by atoms with E-state index in [2.05, 4.69) is 10.6 Å². The summed E-state index contributed by atoms with van der Waals surface area (Å²) < 4.78 is 0. The molecule has 4 bridgehead atoms. The molecule has 1 heterocycles. The third-order valence-electron chi connectivity index (χ3n) is 5.75. The van der Waals surface area contributed by atoms with E-state index in [-0.39, 0.29) is 36.4 Å². The van der Waals surface area contributed by atoms with Gasteiger partial charge in [-0.2, -0.15) is 0 Å². The number of carbonyl (C=O) groups is 3. The number of nitrogens with one attached hydrogen (secondary N) is 2. The van der Waals surface area contributed by atoms with Crippen molar-refractivity contribution >= 4 is 17.8 Å². The number of rotatable bonds is 4. The highest BCUT2D eigenvalue weighted by Crippen LogP contribution is 2.33. The quantitative estimate of drug-likeness (QED) is 0.287. The molecule has 2 aromatic carbocycles. The number of phenols is 2. The largest absolute Gasteiger partial charge is 0.508 e. The molecule has 0 aliphatic carbocycles. The van der Waals surface area contributed by atoms with E-state index in [4.69, 9.17) is 11.5 Å². The number of hydrogen-bond donors (Lipinski definition) is 8. The van der Waals surface area contributed by atoms with E-state index in [9.17, 15) is 34.8 Å². The topological polar surface area (TPSA) is 208 Å². The Bertz CT molecular complexity index is 1090. The summed E-state index contributed by atoms with van der Waals surface area (Å²) in [5.74, 6) is -3.52. The van der Waals surface area contributed by atoms with Crippen LogP contribution in [0.25, 0.3) is 11.1 Å². The van der Waals surface area contributed by atoms with Gasteiger partial charge in [0.2, 0.25) is 11.8 Å². The maximum Gasteiger partial charge on any atom is 0.329 e. The number of carbonyl (C=O) groups excluding carboxylic acids is 2. The lowest BCUT2D eigenvalue weighted by molar-refractivity contribution is -0.145. The van der Waals surface area contributed by atoms with Gasteiger partial charge >= 0.3 is 5.97 Å². The SMILES string of the molecule is NCCC[C@@H]1NC(=O)[C@@H](N)Cc2cc(ccc2O)-c2ccc(O)c(c2)[C@@H](O)[C@@H](C(=O)O)NC1=O. The average molecular weight is 472 g/mol. The van der Waals surface area contributed by atoms with Crippen molar-refractivity contribution in [1.82, 2.24) is 10.6 Å². The Kier molecular flexibility index (Phi) is 7.72. The standard InChI is InChI=1S/C23H28N4O7/c24-7-1-2-16-22(32)27-19(23(33)34)20(30)14-9-12(4-6-18(14)29)11-3-5-17(28)13(8-11)10-15(25)21(31)26-16/h3-6,8-9,15-16,19-20,28-30H,1-2,7,10,24-25H2,(H,26,31)(H,27,32)(H,33,34)/t15-,16-,19-,20+/m0/s1. The monoisotopic (exact) mass is 472 g/mol. The molecule has 0 aromatic heterocycles. The number of hydrogen-bond acceptors (Lipinski definition) is 8. The Labute approximate surface area is 195 Å². The summed E-state index contributed by atoms with van der Waals surface area (Å²) in [5, 5.41) is 45.9. The first-order valence-corrected chi connectivity index (χ1v) is 10.7. The molecule has 0 unspecified atom stereocenters. The van der Waals surface area contributed by atoms with Crippen LogP contribution in [0.3, 0.4) is 0 Å². The molecule has 4 atom stereocenters. The second kappa shape index (κ2) is 10.5. The first kappa shape index (κ1) is 25.0. The summed E-state index contributed by atoms with van der Waals surface area (Å²) in [4.78, 5) is 37.5. The van der Waals surface area contributed by atoms with E-state index < -0.39 is 42.0 Å². The number of aliphatic hydroxyl groups excluding tert-OH is 1. The van der Waals surface area contributed by atoms with Crippen LogP contribution in [0, 0.1) is 0 Å². The number of carboxylic acid groups (broad SMARTS) is 1. The number of aliphatic carboxylic acids is 1. The van der Waals surface area contributed by atoms with Crippen molar-refractivity contribution in [2.24, 2.45) is 11.5 Å². The van der Waals surface area contributed by atoms with Gasteiger partial charge in [-0.1, -0.05) is 12.1 Å². The first-order valence-electron chi connectivity index (χ1n) is 10.7. The van der Waals surface area contributed by atoms with Crippen LogP contribution in [0.2, 0.25) is 0 Å². The molecule has 0 fully saturated rings. The number of fused-ring (bicyclic) bond motifs is 5. The smallest absolute Gasteiger partial charge is 0.329 e. The Morgan fingerprint density at radius 3 is 2.29 bits per heavy atom. The van der Waals surface area contributed by atoms with E-state index in [1.54, 1.807) is 18.2 Å². The third-order valence-corrected chi connectivity index (χ3v) is 5.75. The zero-order chi connectivity index (χ0) is 25.0. The molecular formula is C23H28N4O7. The minimum absolute atomic E-state index is 0.0396. The number of benzene rings is 2. The maximum atomic E-state index is 12.9. The lowest BCUT2D eigenvalue weighted by Crippen LogP contribution is -2.55. The van der Waals surface area contributed by atoms with Crippen molar-refractivity contribution in [3.05, 3.63) is 47.5 Å². The van der Waals surface area contributed by atoms with Gasteiger partial charge in [0.1, 0.15) is 23.6 Å². The van der Waals surface area contributed by atoms with Gasteiger partial charge in [0.15, 0.2) is 6.04 Å². The summed E-state index contributed by atoms with van der Waals surface area (Å²) in [5.41, 5.74) is 12.9. The highest BCUT2D eigenvalue weighted by Gasteiger charge is 2.34. The normalized spacial score (nSPS) is 23.3. The fourth-order valence-electron chi connectivity index (χ4n) is 3.81. The van der Waals surface area contributed by atoms with Crippen LogP contribution in [0.4, 0.5) is 0 Å². The average Bonchev–Trinajstić information content (AvgIpc) is 2.80. The van der Waals surface area contributed by atoms with Gasteiger partial charge in [0.05, 0.1) is 6.04 Å². The second-order valence-electron chi connectivity index (χ2n) is 8.19. The number of nitrogens with two attached hydrogens (primary N) is 2. The molecule has 2 amide bonds. The van der Waals surface area contributed by atoms with Crippen molar-refractivity contribution in [3.8, 4) is 22.6 Å². The fourth-order valence-corrected chi connectivity index (χ4v) is 3.81. The van der Waals surface area contributed by atoms with Gasteiger partial charge < -0.3 is 42.5 Å². The minimum atomic E-state index is -1.82. The molecule has 11 nitrogen and oxygen atoms in total. The van der Waals surface area contributed by atoms with Crippen molar-refractivity contribution in [2.75, 3.05) is 6.54 Å². The van der Waals surface area contributed by atoms with E-state index in [1.165, 1.54) is 18.2 Å². The Morgan fingerprint density at radius 1 is 1.00 bits per heavy atom. The maximum absolute atomic E-state index is 12.9. The summed E-state index contributed by atoms with van der Waals surface area (Å²) in [6, 6.07) is 4.75. The molecule has 34 heavy (non-hydrogen) atoms. The van der Waals surface area contributed by atoms with Gasteiger partial charge in [-0.3, -0.25) is 9.59 Å². The van der Waals surface area contributed by atoms with E-state index in [0.29, 0.717) is 23.1 Å². The van der Waals surface area contributed by atoms with Crippen LogP contribution in [0.15, 0.2) is 36.4 Å². The van der Waals surface area contributed by atoms with Crippen molar-refractivity contribution < 1.29 is 34.8 Å². The van der Waals surface area contributed by atoms with Crippen LogP contribution in [-0.4, -0.2) is 62.9 Å². The lowest BCUT2D eigenvalue weighted by atomic mass is 9.94. The van der Waals surface area contributed by atoms with Crippen LogP contribution in [-0.2, 0) is 20.8 Å². The summed E-state index contributed by atoms with van der Waals surface area (Å²) in [6.07, 6.45) is -1.40. The molecular weight excluding hydrogens is 444 g/mol. The highest BCUT2D eigenvalue weighted by molar-refractivity contribution is 5.92. The number of aromatic hydroxyl groups is 2. The Hall–Kier alpha value is -3.67. The fraction of sp³-hybridized carbons (Fsp3) is 0.348. The van der Waals surface area contributed by atoms with Crippen LogP contribution < -0.4 is 22.1 Å². The Balaban J connectivity index is 2.14. The number of amides is 2. The summed E-state index contributed by atoms with van der Waals surface area (Å²) >= 11 is 0. The molecule has 10 N–H and O–H groups in total. The zero-order valence-electron chi connectivity index (χ0n) is 18.3. The molecule has 0 saturated heterocycles. The lowest BCUT2D eigenvalue weighted by Gasteiger charge is -2.25. The molecule has 0 spiro atoms. The van der Waals surface area contributed by atoms with Gasteiger partial charge in [0.25, 0.3) is 0 Å². The predicted octanol–water partition coefficient (Wildman–Crippen LogP) is -0.525. The molecule has 3 rings (SSSR count). The first-order chi connectivity index (χ1) is 16.1. The van der Waals surface area contributed by atoms with Gasteiger partial charge in [-0.25, -0.2) is 4.79 Å². The number of phenolic OH excluding ortho intramolecular Hbond substituents is 2. The molecule has 0 saturated carbocycles. The van der Waals surface area contributed by atoms with Crippen LogP contribution in [0.1, 0.15) is 30.1 Å². The van der Waals surface area contributed by atoms with E-state index >= 15 is 0 Å². The van der Waals surface area contributed by atoms with Gasteiger partial charge in [-0.15, -0.1) is 0 Å². The number of carboxylic acids is 1. The van der Waals surface area contributed by atoms with Crippen molar-refractivity contribution in [2.45, 2.75) is 43.5 Å².